The molecular formula is C22H30N8O2S. The van der Waals surface area contributed by atoms with Crippen LogP contribution in [-0.2, 0) is 30.6 Å². The monoisotopic (exact) mass is 470 g/mol. The van der Waals surface area contributed by atoms with E-state index in [9.17, 15) is 9.90 Å². The Bertz CT molecular complexity index is 1010. The molecule has 1 atom stereocenters. The predicted octanol–water partition coefficient (Wildman–Crippen LogP) is 1.83. The molecule has 176 valence electrons. The number of hydrogen-bond acceptors (Lipinski definition) is 10. The van der Waals surface area contributed by atoms with Crippen LogP contribution in [0.15, 0.2) is 36.4 Å². The zero-order chi connectivity index (χ0) is 23.5. The van der Waals surface area contributed by atoms with Crippen molar-refractivity contribution in [1.29, 1.82) is 0 Å². The molecule has 2 aromatic heterocycles. The molecule has 0 bridgehead atoms. The molecule has 0 radical (unpaired) electrons. The van der Waals surface area contributed by atoms with Crippen molar-refractivity contribution >= 4 is 28.2 Å². The number of unbranched alkanes of at least 4 members (excludes halogenated alkanes) is 1. The standard InChI is InChI=1S/C22H30N8O2S/c1-2-24-21(32)25-18-11-10-17(27-28-18)8-3-4-9-20-29-30-22(33-20)26-19(31)13-15-6-5-7-16(12-15)14-23/h5-7,10-12,21,24,32H,2-4,8-9,13-14,23H2,1H3,(H,25,28)(H,26,30,31). The topological polar surface area (TPSA) is 151 Å². The number of carbonyl (C=O) groups excluding carboxylic acids is 1. The lowest BCUT2D eigenvalue weighted by molar-refractivity contribution is -0.115. The van der Waals surface area contributed by atoms with Gasteiger partial charge in [-0.3, -0.25) is 10.1 Å². The molecule has 0 spiro atoms. The summed E-state index contributed by atoms with van der Waals surface area (Å²) in [7, 11) is 0. The van der Waals surface area contributed by atoms with Crippen LogP contribution in [0.4, 0.5) is 10.9 Å². The lowest BCUT2D eigenvalue weighted by atomic mass is 10.1. The highest BCUT2D eigenvalue weighted by atomic mass is 32.1. The first-order valence-corrected chi connectivity index (χ1v) is 11.8. The van der Waals surface area contributed by atoms with E-state index in [-0.39, 0.29) is 12.3 Å². The van der Waals surface area contributed by atoms with E-state index in [0.29, 0.717) is 24.0 Å². The van der Waals surface area contributed by atoms with Crippen molar-refractivity contribution in [2.24, 2.45) is 5.73 Å². The molecule has 10 nitrogen and oxygen atoms in total. The number of anilines is 2. The Labute approximate surface area is 197 Å². The Morgan fingerprint density at radius 1 is 1.09 bits per heavy atom. The third kappa shape index (κ3) is 8.46. The number of carbonyl (C=O) groups is 1. The average molecular weight is 471 g/mol. The molecule has 3 aromatic rings. The van der Waals surface area contributed by atoms with Crippen LogP contribution in [0.2, 0.25) is 0 Å². The Morgan fingerprint density at radius 3 is 2.67 bits per heavy atom. The van der Waals surface area contributed by atoms with Gasteiger partial charge in [0.2, 0.25) is 11.0 Å². The Balaban J connectivity index is 1.37. The number of aliphatic hydroxyl groups excluding tert-OH is 1. The van der Waals surface area contributed by atoms with Crippen molar-refractivity contribution in [2.45, 2.75) is 51.9 Å². The van der Waals surface area contributed by atoms with Crippen LogP contribution in [0.25, 0.3) is 0 Å². The van der Waals surface area contributed by atoms with Gasteiger partial charge in [0, 0.05) is 13.0 Å². The first-order chi connectivity index (χ1) is 16.1. The van der Waals surface area contributed by atoms with Crippen LogP contribution in [0.1, 0.15) is 41.6 Å². The summed E-state index contributed by atoms with van der Waals surface area (Å²) in [6.45, 7) is 3.00. The van der Waals surface area contributed by atoms with Gasteiger partial charge in [-0.1, -0.05) is 42.5 Å². The molecule has 6 N–H and O–H groups in total. The van der Waals surface area contributed by atoms with Crippen LogP contribution >= 0.6 is 11.3 Å². The second-order valence-corrected chi connectivity index (χ2v) is 8.53. The number of hydrogen-bond donors (Lipinski definition) is 5. The maximum absolute atomic E-state index is 12.3. The fourth-order valence-corrected chi connectivity index (χ4v) is 3.96. The third-order valence-electron chi connectivity index (χ3n) is 4.78. The van der Waals surface area contributed by atoms with Gasteiger partial charge in [-0.05, 0) is 49.1 Å². The van der Waals surface area contributed by atoms with Crippen molar-refractivity contribution < 1.29 is 9.90 Å². The molecule has 11 heteroatoms. The fraction of sp³-hybridized carbons (Fsp3) is 0.409. The summed E-state index contributed by atoms with van der Waals surface area (Å²) in [6, 6.07) is 11.4. The van der Waals surface area contributed by atoms with Gasteiger partial charge in [0.05, 0.1) is 12.1 Å². The van der Waals surface area contributed by atoms with Gasteiger partial charge in [0.1, 0.15) is 5.01 Å². The van der Waals surface area contributed by atoms with E-state index in [2.05, 4.69) is 36.3 Å². The van der Waals surface area contributed by atoms with Crippen molar-refractivity contribution in [3.8, 4) is 0 Å². The van der Waals surface area contributed by atoms with E-state index in [1.807, 2.05) is 37.3 Å². The number of aromatic nitrogens is 4. The van der Waals surface area contributed by atoms with Gasteiger partial charge in [-0.15, -0.1) is 15.3 Å². The summed E-state index contributed by atoms with van der Waals surface area (Å²) in [6.07, 6.45) is 2.86. The van der Waals surface area contributed by atoms with Crippen molar-refractivity contribution in [1.82, 2.24) is 25.7 Å². The van der Waals surface area contributed by atoms with Crippen LogP contribution in [-0.4, -0.2) is 44.3 Å². The van der Waals surface area contributed by atoms with Crippen LogP contribution < -0.4 is 21.7 Å². The Hall–Kier alpha value is -2.99. The van der Waals surface area contributed by atoms with E-state index in [1.54, 1.807) is 6.07 Å². The minimum Gasteiger partial charge on any atom is -0.361 e. The van der Waals surface area contributed by atoms with Gasteiger partial charge >= 0.3 is 0 Å². The zero-order valence-electron chi connectivity index (χ0n) is 18.6. The largest absolute Gasteiger partial charge is 0.361 e. The molecular weight excluding hydrogens is 440 g/mol. The second kappa shape index (κ2) is 12.9. The minimum atomic E-state index is -0.848. The molecule has 2 heterocycles. The maximum Gasteiger partial charge on any atom is 0.230 e. The van der Waals surface area contributed by atoms with E-state index in [4.69, 9.17) is 5.73 Å². The Morgan fingerprint density at radius 2 is 1.91 bits per heavy atom. The molecule has 3 rings (SSSR count). The van der Waals surface area contributed by atoms with Gasteiger partial charge in [-0.25, -0.2) is 0 Å². The highest BCUT2D eigenvalue weighted by molar-refractivity contribution is 7.15. The molecule has 33 heavy (non-hydrogen) atoms. The maximum atomic E-state index is 12.3. The average Bonchev–Trinajstić information content (AvgIpc) is 3.25. The molecule has 1 unspecified atom stereocenters. The summed E-state index contributed by atoms with van der Waals surface area (Å²) in [5.74, 6) is 0.393. The SMILES string of the molecule is CCNC(O)Nc1ccc(CCCCc2nnc(NC(=O)Cc3cccc(CN)c3)s2)nn1. The molecule has 1 aromatic carbocycles. The predicted molar refractivity (Wildman–Crippen MR) is 129 cm³/mol. The van der Waals surface area contributed by atoms with Crippen LogP contribution in [0.3, 0.4) is 0 Å². The van der Waals surface area contributed by atoms with Gasteiger partial charge in [0.15, 0.2) is 12.2 Å². The van der Waals surface area contributed by atoms with Gasteiger partial charge < -0.3 is 21.5 Å². The lowest BCUT2D eigenvalue weighted by Crippen LogP contribution is -2.35. The van der Waals surface area contributed by atoms with E-state index in [1.165, 1.54) is 11.3 Å². The number of aryl methyl sites for hydroxylation is 2. The van der Waals surface area contributed by atoms with Crippen LogP contribution in [0, 0.1) is 0 Å². The number of nitrogens with one attached hydrogen (secondary N) is 3. The number of aliphatic hydroxyl groups is 1. The van der Waals surface area contributed by atoms with Crippen molar-refractivity contribution in [3.63, 3.8) is 0 Å². The first kappa shape index (κ1) is 24.6. The van der Waals surface area contributed by atoms with E-state index >= 15 is 0 Å². The fourth-order valence-electron chi connectivity index (χ4n) is 3.16. The summed E-state index contributed by atoms with van der Waals surface area (Å²) in [5, 5.41) is 36.0. The van der Waals surface area contributed by atoms with E-state index in [0.717, 1.165) is 47.5 Å². The summed E-state index contributed by atoms with van der Waals surface area (Å²) in [5.41, 5.74) is 8.46. The zero-order valence-corrected chi connectivity index (χ0v) is 19.4. The number of nitrogens with two attached hydrogens (primary N) is 1. The smallest absolute Gasteiger partial charge is 0.230 e. The molecule has 0 aliphatic rings. The summed E-state index contributed by atoms with van der Waals surface area (Å²) >= 11 is 1.40. The first-order valence-electron chi connectivity index (χ1n) is 11.0. The highest BCUT2D eigenvalue weighted by Gasteiger charge is 2.10. The Kier molecular flexibility index (Phi) is 9.63. The molecule has 0 saturated heterocycles. The highest BCUT2D eigenvalue weighted by Crippen LogP contribution is 2.18. The number of rotatable bonds is 13. The normalized spacial score (nSPS) is 11.8. The van der Waals surface area contributed by atoms with Crippen LogP contribution in [0.5, 0.6) is 0 Å². The van der Waals surface area contributed by atoms with Crippen molar-refractivity contribution in [2.75, 3.05) is 17.2 Å². The number of benzene rings is 1. The lowest BCUT2D eigenvalue weighted by Gasteiger charge is -2.13. The van der Waals surface area contributed by atoms with Crippen molar-refractivity contribution in [3.05, 3.63) is 58.2 Å². The summed E-state index contributed by atoms with van der Waals surface area (Å²) in [4.78, 5) is 12.3. The molecule has 0 aliphatic carbocycles. The summed E-state index contributed by atoms with van der Waals surface area (Å²) < 4.78 is 0. The minimum absolute atomic E-state index is 0.124. The quantitative estimate of drug-likeness (QED) is 0.186. The van der Waals surface area contributed by atoms with Gasteiger partial charge in [-0.2, -0.15) is 5.10 Å². The van der Waals surface area contributed by atoms with Gasteiger partial charge in [0.25, 0.3) is 0 Å². The third-order valence-corrected chi connectivity index (χ3v) is 5.68. The van der Waals surface area contributed by atoms with E-state index < -0.39 is 6.35 Å². The second-order valence-electron chi connectivity index (χ2n) is 7.47. The molecule has 0 aliphatic heterocycles. The number of amides is 1. The molecule has 1 amide bonds. The molecule has 0 saturated carbocycles. The number of nitrogens with zero attached hydrogens (tertiary/aromatic N) is 4. The molecule has 0 fully saturated rings.